The lowest BCUT2D eigenvalue weighted by molar-refractivity contribution is -0.133. The van der Waals surface area contributed by atoms with Crippen molar-refractivity contribution in [3.8, 4) is 5.75 Å². The fraction of sp³-hybridized carbons (Fsp3) is 0.320. The van der Waals surface area contributed by atoms with E-state index in [9.17, 15) is 4.79 Å². The molecule has 0 N–H and O–H groups in total. The summed E-state index contributed by atoms with van der Waals surface area (Å²) in [5.74, 6) is 0.953. The summed E-state index contributed by atoms with van der Waals surface area (Å²) in [5, 5.41) is 7.94. The number of hydrogen-bond donors (Lipinski definition) is 0. The number of fused-ring (bicyclic) bond motifs is 1. The Hall–Kier alpha value is -3.19. The smallest absolute Gasteiger partial charge is 0.244 e. The zero-order valence-electron chi connectivity index (χ0n) is 18.5. The summed E-state index contributed by atoms with van der Waals surface area (Å²) >= 11 is 1.68. The molecule has 5 rings (SSSR count). The van der Waals surface area contributed by atoms with E-state index in [1.807, 2.05) is 54.1 Å². The summed E-state index contributed by atoms with van der Waals surface area (Å²) in [6.07, 6.45) is 0.761. The summed E-state index contributed by atoms with van der Waals surface area (Å²) in [6.45, 7) is 5.55. The van der Waals surface area contributed by atoms with Crippen LogP contribution in [0.25, 0.3) is 0 Å². The second-order valence-electron chi connectivity index (χ2n) is 8.31. The van der Waals surface area contributed by atoms with Gasteiger partial charge in [0.05, 0.1) is 42.7 Å². The van der Waals surface area contributed by atoms with Crippen molar-refractivity contribution in [2.24, 2.45) is 5.10 Å². The Kier molecular flexibility index (Phi) is 5.43. The van der Waals surface area contributed by atoms with Gasteiger partial charge in [-0.05, 0) is 48.7 Å². The third kappa shape index (κ3) is 3.88. The van der Waals surface area contributed by atoms with E-state index in [0.717, 1.165) is 39.7 Å². The van der Waals surface area contributed by atoms with Gasteiger partial charge in [0.2, 0.25) is 5.91 Å². The first-order chi connectivity index (χ1) is 15.5. The van der Waals surface area contributed by atoms with Crippen molar-refractivity contribution < 1.29 is 9.53 Å². The molecule has 0 spiro atoms. The van der Waals surface area contributed by atoms with Gasteiger partial charge in [0, 0.05) is 11.3 Å². The quantitative estimate of drug-likeness (QED) is 0.581. The molecule has 3 aromatic rings. The topological polar surface area (TPSA) is 58.0 Å². The van der Waals surface area contributed by atoms with Gasteiger partial charge in [0.1, 0.15) is 12.3 Å². The van der Waals surface area contributed by atoms with Gasteiger partial charge in [-0.25, -0.2) is 4.98 Å². The van der Waals surface area contributed by atoms with Crippen molar-refractivity contribution in [1.82, 2.24) is 14.9 Å². The maximum absolute atomic E-state index is 13.2. The van der Waals surface area contributed by atoms with Crippen LogP contribution in [0.15, 0.2) is 53.6 Å². The van der Waals surface area contributed by atoms with Gasteiger partial charge in [0.25, 0.3) is 0 Å². The molecule has 0 saturated heterocycles. The van der Waals surface area contributed by atoms with Crippen molar-refractivity contribution in [2.75, 3.05) is 13.7 Å². The van der Waals surface area contributed by atoms with Crippen molar-refractivity contribution in [2.45, 2.75) is 39.4 Å². The fourth-order valence-electron chi connectivity index (χ4n) is 4.48. The predicted molar refractivity (Wildman–Crippen MR) is 126 cm³/mol. The number of aromatic nitrogens is 1. The molecule has 0 saturated carbocycles. The molecular formula is C25H26N4O2S. The minimum atomic E-state index is 0.0367. The standard InChI is InChI=1S/C25H26N4O2S/c1-16-11-19(9-10-23(16)31-3)20-12-22(18-7-5-4-6-8-18)29(27-20)15-25(30)28-13-21-24(14-28)32-17(2)26-21/h4-11,22H,12-15H2,1-3H3. The first-order valence-corrected chi connectivity index (χ1v) is 11.6. The van der Waals surface area contributed by atoms with Crippen LogP contribution >= 0.6 is 11.3 Å². The zero-order valence-corrected chi connectivity index (χ0v) is 19.4. The highest BCUT2D eigenvalue weighted by Crippen LogP contribution is 2.34. The van der Waals surface area contributed by atoms with Gasteiger partial charge < -0.3 is 9.64 Å². The van der Waals surface area contributed by atoms with E-state index in [1.165, 1.54) is 10.4 Å². The van der Waals surface area contributed by atoms with E-state index in [1.54, 1.807) is 18.4 Å². The third-order valence-corrected chi connectivity index (χ3v) is 7.12. The molecule has 3 heterocycles. The number of carbonyl (C=O) groups is 1. The Labute approximate surface area is 192 Å². The molecule has 164 valence electrons. The summed E-state index contributed by atoms with van der Waals surface area (Å²) in [7, 11) is 1.68. The van der Waals surface area contributed by atoms with Crippen LogP contribution in [0.2, 0.25) is 0 Å². The van der Waals surface area contributed by atoms with Gasteiger partial charge in [-0.3, -0.25) is 9.80 Å². The Bertz CT molecular complexity index is 1160. The van der Waals surface area contributed by atoms with E-state index < -0.39 is 0 Å². The number of nitrogens with zero attached hydrogens (tertiary/aromatic N) is 4. The largest absolute Gasteiger partial charge is 0.496 e. The molecule has 2 aromatic carbocycles. The van der Waals surface area contributed by atoms with Crippen molar-refractivity contribution in [3.05, 3.63) is 80.8 Å². The molecule has 0 aliphatic carbocycles. The van der Waals surface area contributed by atoms with Gasteiger partial charge in [-0.1, -0.05) is 30.3 Å². The van der Waals surface area contributed by atoms with Crippen LogP contribution in [0.3, 0.4) is 0 Å². The van der Waals surface area contributed by atoms with E-state index >= 15 is 0 Å². The van der Waals surface area contributed by atoms with E-state index in [-0.39, 0.29) is 18.5 Å². The lowest BCUT2D eigenvalue weighted by Gasteiger charge is -2.25. The Morgan fingerprint density at radius 3 is 2.69 bits per heavy atom. The highest BCUT2D eigenvalue weighted by molar-refractivity contribution is 7.11. The minimum absolute atomic E-state index is 0.0367. The molecule has 2 aliphatic rings. The summed E-state index contributed by atoms with van der Waals surface area (Å²) in [5.41, 5.74) is 5.35. The normalized spacial score (nSPS) is 17.5. The number of amides is 1. The van der Waals surface area contributed by atoms with Crippen LogP contribution in [0.5, 0.6) is 5.75 Å². The number of carbonyl (C=O) groups excluding carboxylic acids is 1. The first-order valence-electron chi connectivity index (χ1n) is 10.8. The number of thiazole rings is 1. The molecule has 0 bridgehead atoms. The molecule has 0 radical (unpaired) electrons. The van der Waals surface area contributed by atoms with Crippen LogP contribution in [0, 0.1) is 13.8 Å². The number of benzene rings is 2. The number of methoxy groups -OCH3 is 1. The SMILES string of the molecule is COc1ccc(C2=NN(CC(=O)N3Cc4nc(C)sc4C3)C(c3ccccc3)C2)cc1C. The van der Waals surface area contributed by atoms with Gasteiger partial charge >= 0.3 is 0 Å². The Balaban J connectivity index is 1.39. The van der Waals surface area contributed by atoms with Gasteiger partial charge in [-0.15, -0.1) is 11.3 Å². The number of ether oxygens (including phenoxy) is 1. The summed E-state index contributed by atoms with van der Waals surface area (Å²) < 4.78 is 5.41. The number of hydrogen-bond acceptors (Lipinski definition) is 6. The van der Waals surface area contributed by atoms with Gasteiger partial charge in [0.15, 0.2) is 0 Å². The highest BCUT2D eigenvalue weighted by atomic mass is 32.1. The average molecular weight is 447 g/mol. The number of rotatable bonds is 5. The van der Waals surface area contributed by atoms with Crippen LogP contribution in [0.1, 0.15) is 44.7 Å². The Morgan fingerprint density at radius 1 is 1.16 bits per heavy atom. The van der Waals surface area contributed by atoms with Crippen LogP contribution in [0.4, 0.5) is 0 Å². The van der Waals surface area contributed by atoms with Crippen LogP contribution < -0.4 is 4.74 Å². The van der Waals surface area contributed by atoms with Crippen molar-refractivity contribution >= 4 is 23.0 Å². The van der Waals surface area contributed by atoms with E-state index in [0.29, 0.717) is 13.1 Å². The van der Waals surface area contributed by atoms with Crippen LogP contribution in [-0.2, 0) is 17.9 Å². The molecular weight excluding hydrogens is 420 g/mol. The Morgan fingerprint density at radius 2 is 1.97 bits per heavy atom. The van der Waals surface area contributed by atoms with Crippen molar-refractivity contribution in [3.63, 3.8) is 0 Å². The van der Waals surface area contributed by atoms with E-state index in [4.69, 9.17) is 9.84 Å². The maximum Gasteiger partial charge on any atom is 0.244 e. The summed E-state index contributed by atoms with van der Waals surface area (Å²) in [6, 6.07) is 16.5. The van der Waals surface area contributed by atoms with E-state index in [2.05, 4.69) is 23.2 Å². The second-order valence-corrected chi connectivity index (χ2v) is 9.60. The molecule has 6 nitrogen and oxygen atoms in total. The molecule has 2 aliphatic heterocycles. The zero-order chi connectivity index (χ0) is 22.2. The average Bonchev–Trinajstić information content (AvgIpc) is 3.47. The maximum atomic E-state index is 13.2. The monoisotopic (exact) mass is 446 g/mol. The second kappa shape index (κ2) is 8.39. The molecule has 1 atom stereocenters. The fourth-order valence-corrected chi connectivity index (χ4v) is 5.44. The minimum Gasteiger partial charge on any atom is -0.496 e. The predicted octanol–water partition coefficient (Wildman–Crippen LogP) is 4.46. The number of hydrazone groups is 1. The highest BCUT2D eigenvalue weighted by Gasteiger charge is 2.33. The molecule has 7 heteroatoms. The summed E-state index contributed by atoms with van der Waals surface area (Å²) in [4.78, 5) is 20.8. The first kappa shape index (κ1) is 20.7. The molecule has 0 fully saturated rings. The molecule has 1 aromatic heterocycles. The molecule has 32 heavy (non-hydrogen) atoms. The van der Waals surface area contributed by atoms with Crippen molar-refractivity contribution in [1.29, 1.82) is 0 Å². The lowest BCUT2D eigenvalue weighted by Crippen LogP contribution is -2.36. The third-order valence-electron chi connectivity index (χ3n) is 6.12. The van der Waals surface area contributed by atoms with Crippen LogP contribution in [-0.4, -0.2) is 40.2 Å². The molecule has 1 amide bonds. The molecule has 1 unspecified atom stereocenters. The lowest BCUT2D eigenvalue weighted by atomic mass is 9.97. The van der Waals surface area contributed by atoms with Gasteiger partial charge in [-0.2, -0.15) is 5.10 Å². The number of aryl methyl sites for hydroxylation is 2.